The van der Waals surface area contributed by atoms with Gasteiger partial charge in [0.2, 0.25) is 0 Å². The van der Waals surface area contributed by atoms with E-state index in [2.05, 4.69) is 17.6 Å². The van der Waals surface area contributed by atoms with Gasteiger partial charge in [-0.2, -0.15) is 0 Å². The summed E-state index contributed by atoms with van der Waals surface area (Å²) in [6, 6.07) is 6.50. The van der Waals surface area contributed by atoms with Crippen LogP contribution in [0.25, 0.3) is 11.0 Å². The van der Waals surface area contributed by atoms with Crippen LogP contribution in [0.1, 0.15) is 44.3 Å². The third-order valence-electron chi connectivity index (χ3n) is 4.27. The Morgan fingerprint density at radius 1 is 1.40 bits per heavy atom. The van der Waals surface area contributed by atoms with Gasteiger partial charge in [-0.15, -0.1) is 0 Å². The number of nitrogens with zero attached hydrogens (tertiary/aromatic N) is 2. The summed E-state index contributed by atoms with van der Waals surface area (Å²) in [7, 11) is 1.70. The molecule has 0 spiro atoms. The molecule has 4 heteroatoms. The molecule has 1 aliphatic rings. The zero-order chi connectivity index (χ0) is 14.1. The van der Waals surface area contributed by atoms with E-state index in [0.29, 0.717) is 12.0 Å². The van der Waals surface area contributed by atoms with Gasteiger partial charge in [-0.05, 0) is 37.8 Å². The zero-order valence-corrected chi connectivity index (χ0v) is 12.3. The number of rotatable bonds is 4. The summed E-state index contributed by atoms with van der Waals surface area (Å²) in [4.78, 5) is 4.88. The largest absolute Gasteiger partial charge is 0.497 e. The summed E-state index contributed by atoms with van der Waals surface area (Å²) in [6.45, 7) is 3.23. The lowest BCUT2D eigenvalue weighted by atomic mass is 10.1. The van der Waals surface area contributed by atoms with E-state index in [-0.39, 0.29) is 0 Å². The van der Waals surface area contributed by atoms with Crippen molar-refractivity contribution in [3.63, 3.8) is 0 Å². The second-order valence-corrected chi connectivity index (χ2v) is 5.75. The number of aryl methyl sites for hydroxylation is 1. The molecule has 2 aromatic rings. The maximum atomic E-state index is 6.07. The Balaban J connectivity index is 2.07. The maximum Gasteiger partial charge on any atom is 0.121 e. The molecule has 0 bridgehead atoms. The predicted octanol–water partition coefficient (Wildman–Crippen LogP) is 3.05. The molecule has 1 heterocycles. The molecular weight excluding hydrogens is 250 g/mol. The number of fused-ring (bicyclic) bond motifs is 1. The van der Waals surface area contributed by atoms with Gasteiger partial charge in [0.05, 0.1) is 18.1 Å². The van der Waals surface area contributed by atoms with E-state index in [4.69, 9.17) is 15.5 Å². The second kappa shape index (κ2) is 5.44. The van der Waals surface area contributed by atoms with Crippen LogP contribution in [-0.4, -0.2) is 22.7 Å². The Morgan fingerprint density at radius 3 is 2.90 bits per heavy atom. The summed E-state index contributed by atoms with van der Waals surface area (Å²) in [5, 5.41) is 0. The van der Waals surface area contributed by atoms with Crippen LogP contribution in [0, 0.1) is 0 Å². The second-order valence-electron chi connectivity index (χ2n) is 5.75. The molecule has 2 atom stereocenters. The fourth-order valence-corrected chi connectivity index (χ4v) is 3.28. The maximum absolute atomic E-state index is 6.07. The molecule has 1 saturated carbocycles. The van der Waals surface area contributed by atoms with Gasteiger partial charge in [0, 0.05) is 24.6 Å². The average Bonchev–Trinajstić information content (AvgIpc) is 3.03. The highest BCUT2D eigenvalue weighted by molar-refractivity contribution is 5.78. The van der Waals surface area contributed by atoms with Gasteiger partial charge in [0.1, 0.15) is 11.6 Å². The van der Waals surface area contributed by atoms with Crippen LogP contribution in [0.15, 0.2) is 18.2 Å². The van der Waals surface area contributed by atoms with Gasteiger partial charge in [-0.25, -0.2) is 4.98 Å². The fraction of sp³-hybridized carbons (Fsp3) is 0.562. The number of hydrogen-bond acceptors (Lipinski definition) is 3. The standard InChI is InChI=1S/C16H23N3O/c1-3-8-19-15-7-6-13(20-2)10-14(15)18-16(19)11-4-5-12(17)9-11/h6-7,10-12H,3-5,8-9,17H2,1-2H3/t11-,12+/m1/s1. The molecule has 0 unspecified atom stereocenters. The van der Waals surface area contributed by atoms with Crippen LogP contribution in [0.5, 0.6) is 5.75 Å². The number of hydrogen-bond donors (Lipinski definition) is 1. The molecule has 0 aliphatic heterocycles. The van der Waals surface area contributed by atoms with E-state index >= 15 is 0 Å². The highest BCUT2D eigenvalue weighted by Crippen LogP contribution is 2.35. The molecule has 4 nitrogen and oxygen atoms in total. The first-order valence-electron chi connectivity index (χ1n) is 7.52. The van der Waals surface area contributed by atoms with E-state index in [9.17, 15) is 0 Å². The summed E-state index contributed by atoms with van der Waals surface area (Å²) >= 11 is 0. The first-order valence-corrected chi connectivity index (χ1v) is 7.52. The topological polar surface area (TPSA) is 53.1 Å². The summed E-state index contributed by atoms with van der Waals surface area (Å²) < 4.78 is 7.68. The van der Waals surface area contributed by atoms with Crippen LogP contribution < -0.4 is 10.5 Å². The van der Waals surface area contributed by atoms with Crippen molar-refractivity contribution in [3.8, 4) is 5.75 Å². The summed E-state index contributed by atoms with van der Waals surface area (Å²) in [6.07, 6.45) is 4.45. The van der Waals surface area contributed by atoms with Gasteiger partial charge in [0.15, 0.2) is 0 Å². The first kappa shape index (κ1) is 13.4. The zero-order valence-electron chi connectivity index (χ0n) is 12.3. The molecule has 1 aliphatic carbocycles. The predicted molar refractivity (Wildman–Crippen MR) is 81.1 cm³/mol. The van der Waals surface area contributed by atoms with Crippen LogP contribution in [-0.2, 0) is 6.54 Å². The lowest BCUT2D eigenvalue weighted by Crippen LogP contribution is -2.15. The van der Waals surface area contributed by atoms with Crippen LogP contribution in [0.2, 0.25) is 0 Å². The molecule has 2 N–H and O–H groups in total. The van der Waals surface area contributed by atoms with Crippen molar-refractivity contribution in [1.29, 1.82) is 0 Å². The molecule has 108 valence electrons. The monoisotopic (exact) mass is 273 g/mol. The third kappa shape index (κ3) is 2.29. The Morgan fingerprint density at radius 2 is 2.25 bits per heavy atom. The minimum Gasteiger partial charge on any atom is -0.497 e. The van der Waals surface area contributed by atoms with Gasteiger partial charge >= 0.3 is 0 Å². The first-order chi connectivity index (χ1) is 9.72. The third-order valence-corrected chi connectivity index (χ3v) is 4.27. The Bertz CT molecular complexity index is 605. The minimum absolute atomic E-state index is 0.337. The number of ether oxygens (including phenoxy) is 1. The smallest absolute Gasteiger partial charge is 0.121 e. The lowest BCUT2D eigenvalue weighted by Gasteiger charge is -2.13. The summed E-state index contributed by atoms with van der Waals surface area (Å²) in [5.74, 6) is 2.59. The molecule has 0 amide bonds. The molecule has 20 heavy (non-hydrogen) atoms. The normalized spacial score (nSPS) is 22.6. The van der Waals surface area contributed by atoms with Gasteiger partial charge < -0.3 is 15.0 Å². The molecular formula is C16H23N3O. The van der Waals surface area contributed by atoms with Crippen molar-refractivity contribution < 1.29 is 4.74 Å². The van der Waals surface area contributed by atoms with Crippen molar-refractivity contribution in [3.05, 3.63) is 24.0 Å². The van der Waals surface area contributed by atoms with Crippen molar-refractivity contribution in [2.24, 2.45) is 5.73 Å². The van der Waals surface area contributed by atoms with Gasteiger partial charge in [-0.3, -0.25) is 0 Å². The molecule has 0 saturated heterocycles. The Hall–Kier alpha value is -1.55. The van der Waals surface area contributed by atoms with E-state index in [0.717, 1.165) is 43.5 Å². The number of aromatic nitrogens is 2. The highest BCUT2D eigenvalue weighted by Gasteiger charge is 2.27. The quantitative estimate of drug-likeness (QED) is 0.931. The molecule has 1 aromatic heterocycles. The van der Waals surface area contributed by atoms with Gasteiger partial charge in [0.25, 0.3) is 0 Å². The molecule has 1 fully saturated rings. The minimum atomic E-state index is 0.337. The highest BCUT2D eigenvalue weighted by atomic mass is 16.5. The van der Waals surface area contributed by atoms with Crippen LogP contribution >= 0.6 is 0 Å². The van der Waals surface area contributed by atoms with Crippen LogP contribution in [0.4, 0.5) is 0 Å². The molecule has 3 rings (SSSR count). The lowest BCUT2D eigenvalue weighted by molar-refractivity contribution is 0.415. The molecule has 1 aromatic carbocycles. The summed E-state index contributed by atoms with van der Waals surface area (Å²) in [5.41, 5.74) is 8.32. The van der Waals surface area contributed by atoms with E-state index in [1.807, 2.05) is 12.1 Å². The van der Waals surface area contributed by atoms with Crippen molar-refractivity contribution in [2.75, 3.05) is 7.11 Å². The Kier molecular flexibility index (Phi) is 3.66. The number of nitrogens with two attached hydrogens (primary N) is 1. The van der Waals surface area contributed by atoms with Crippen LogP contribution in [0.3, 0.4) is 0 Å². The van der Waals surface area contributed by atoms with E-state index < -0.39 is 0 Å². The number of benzene rings is 1. The Labute approximate surface area is 119 Å². The molecule has 0 radical (unpaired) electrons. The van der Waals surface area contributed by atoms with E-state index in [1.165, 1.54) is 11.3 Å². The number of imidazole rings is 1. The van der Waals surface area contributed by atoms with E-state index in [1.54, 1.807) is 7.11 Å². The number of methoxy groups -OCH3 is 1. The fourth-order valence-electron chi connectivity index (χ4n) is 3.28. The SMILES string of the molecule is CCCn1c([C@@H]2CC[C@H](N)C2)nc2cc(OC)ccc21. The van der Waals surface area contributed by atoms with Gasteiger partial charge in [-0.1, -0.05) is 6.92 Å². The average molecular weight is 273 g/mol. The van der Waals surface area contributed by atoms with Crippen molar-refractivity contribution in [2.45, 2.75) is 51.1 Å². The van der Waals surface area contributed by atoms with Crippen molar-refractivity contribution in [1.82, 2.24) is 9.55 Å². The van der Waals surface area contributed by atoms with Crippen molar-refractivity contribution >= 4 is 11.0 Å².